The lowest BCUT2D eigenvalue weighted by molar-refractivity contribution is -0.126. The molecule has 0 atom stereocenters. The first-order valence-electron chi connectivity index (χ1n) is 4.03. The van der Waals surface area contributed by atoms with Crippen LogP contribution in [0.5, 0.6) is 0 Å². The molecule has 72 valence electrons. The maximum atomic E-state index is 11.3. The summed E-state index contributed by atoms with van der Waals surface area (Å²) in [5.74, 6) is -0.595. The topological polar surface area (TPSA) is 67.4 Å². The minimum Gasteiger partial charge on any atom is -0.467 e. The fourth-order valence-corrected chi connectivity index (χ4v) is 0.861. The zero-order chi connectivity index (χ0) is 9.84. The Labute approximate surface area is 76.1 Å². The van der Waals surface area contributed by atoms with Gasteiger partial charge in [0.1, 0.15) is 0 Å². The molecule has 2 N–H and O–H groups in total. The highest BCUT2D eigenvalue weighted by molar-refractivity contribution is 6.00. The molecule has 1 heterocycles. The maximum absolute atomic E-state index is 11.3. The molecule has 0 saturated heterocycles. The average molecular weight is 184 g/mol. The molecule has 1 aliphatic rings. The first-order chi connectivity index (χ1) is 6.09. The van der Waals surface area contributed by atoms with Gasteiger partial charge in [0, 0.05) is 6.04 Å². The van der Waals surface area contributed by atoms with Crippen LogP contribution >= 0.6 is 0 Å². The van der Waals surface area contributed by atoms with Gasteiger partial charge in [0.05, 0.1) is 6.08 Å². The van der Waals surface area contributed by atoms with E-state index in [4.69, 9.17) is 4.74 Å². The highest BCUT2D eigenvalue weighted by atomic mass is 16.5. The maximum Gasteiger partial charge on any atom is 0.286 e. The Hall–Kier alpha value is -1.52. The van der Waals surface area contributed by atoms with E-state index in [0.29, 0.717) is 0 Å². The summed E-state index contributed by atoms with van der Waals surface area (Å²) in [5.41, 5.74) is 0. The van der Waals surface area contributed by atoms with Crippen LogP contribution in [0.25, 0.3) is 0 Å². The van der Waals surface area contributed by atoms with Crippen molar-refractivity contribution < 1.29 is 14.3 Å². The Balaban J connectivity index is 2.60. The molecule has 0 bridgehead atoms. The lowest BCUT2D eigenvalue weighted by Gasteiger charge is -2.16. The van der Waals surface area contributed by atoms with E-state index in [-0.39, 0.29) is 30.3 Å². The number of amides is 2. The molecule has 5 heteroatoms. The molecule has 2 amide bonds. The monoisotopic (exact) mass is 184 g/mol. The predicted molar refractivity (Wildman–Crippen MR) is 45.5 cm³/mol. The number of carbonyl (C=O) groups is 2. The zero-order valence-corrected chi connectivity index (χ0v) is 7.59. The van der Waals surface area contributed by atoms with Crippen LogP contribution in [0, 0.1) is 0 Å². The van der Waals surface area contributed by atoms with Crippen LogP contribution in [0.15, 0.2) is 11.8 Å². The van der Waals surface area contributed by atoms with Gasteiger partial charge in [-0.05, 0) is 13.8 Å². The van der Waals surface area contributed by atoms with Crippen molar-refractivity contribution in [3.8, 4) is 0 Å². The smallest absolute Gasteiger partial charge is 0.286 e. The zero-order valence-electron chi connectivity index (χ0n) is 7.59. The normalized spacial score (nSPS) is 15.9. The van der Waals surface area contributed by atoms with Crippen molar-refractivity contribution in [2.24, 2.45) is 0 Å². The van der Waals surface area contributed by atoms with Crippen molar-refractivity contribution in [3.05, 3.63) is 11.8 Å². The van der Waals surface area contributed by atoms with Crippen LogP contribution in [0.1, 0.15) is 13.8 Å². The molecule has 0 aliphatic carbocycles. The van der Waals surface area contributed by atoms with Gasteiger partial charge in [-0.15, -0.1) is 0 Å². The Kier molecular flexibility index (Phi) is 2.89. The number of carbonyl (C=O) groups excluding carboxylic acids is 2. The summed E-state index contributed by atoms with van der Waals surface area (Å²) in [6.45, 7) is 3.72. The van der Waals surface area contributed by atoms with Gasteiger partial charge in [0.25, 0.3) is 11.8 Å². The number of hydrogen-bond donors (Lipinski definition) is 2. The Morgan fingerprint density at radius 2 is 2.38 bits per heavy atom. The molecule has 0 aromatic carbocycles. The lowest BCUT2D eigenvalue weighted by atomic mass is 10.3. The summed E-state index contributed by atoms with van der Waals surface area (Å²) in [6, 6.07) is 0.0296. The van der Waals surface area contributed by atoms with Gasteiger partial charge in [-0.3, -0.25) is 9.59 Å². The van der Waals surface area contributed by atoms with Gasteiger partial charge in [-0.2, -0.15) is 0 Å². The van der Waals surface area contributed by atoms with E-state index in [2.05, 4.69) is 10.6 Å². The number of hydrogen-bond acceptors (Lipinski definition) is 3. The highest BCUT2D eigenvalue weighted by Gasteiger charge is 2.17. The van der Waals surface area contributed by atoms with Crippen LogP contribution in [-0.4, -0.2) is 24.6 Å². The summed E-state index contributed by atoms with van der Waals surface area (Å²) in [7, 11) is 0. The summed E-state index contributed by atoms with van der Waals surface area (Å²) in [5, 5.41) is 5.02. The van der Waals surface area contributed by atoms with Gasteiger partial charge in [0.15, 0.2) is 12.5 Å². The van der Waals surface area contributed by atoms with E-state index < -0.39 is 0 Å². The number of rotatable bonds is 2. The van der Waals surface area contributed by atoms with Crippen molar-refractivity contribution in [2.45, 2.75) is 19.9 Å². The van der Waals surface area contributed by atoms with E-state index in [0.717, 1.165) is 6.08 Å². The summed E-state index contributed by atoms with van der Waals surface area (Å²) >= 11 is 0. The molecule has 0 saturated carbocycles. The second-order valence-electron chi connectivity index (χ2n) is 2.97. The van der Waals surface area contributed by atoms with Crippen molar-refractivity contribution in [1.29, 1.82) is 0 Å². The molecule has 0 fully saturated rings. The second kappa shape index (κ2) is 3.93. The van der Waals surface area contributed by atoms with Gasteiger partial charge in [0.2, 0.25) is 0 Å². The van der Waals surface area contributed by atoms with Crippen molar-refractivity contribution >= 4 is 11.8 Å². The van der Waals surface area contributed by atoms with E-state index in [1.54, 1.807) is 0 Å². The fraction of sp³-hybridized carbons (Fsp3) is 0.500. The molecule has 1 aliphatic heterocycles. The van der Waals surface area contributed by atoms with Crippen LogP contribution < -0.4 is 10.6 Å². The van der Waals surface area contributed by atoms with Gasteiger partial charge in [-0.25, -0.2) is 0 Å². The molecule has 0 aromatic heterocycles. The SMILES string of the molecule is CC(C)NC(=O)C1=CC(=O)NCO1. The average Bonchev–Trinajstić information content (AvgIpc) is 2.03. The largest absolute Gasteiger partial charge is 0.467 e. The number of nitrogens with one attached hydrogen (secondary N) is 2. The van der Waals surface area contributed by atoms with E-state index in [1.165, 1.54) is 0 Å². The fourth-order valence-electron chi connectivity index (χ4n) is 0.861. The third-order valence-corrected chi connectivity index (χ3v) is 1.38. The molecule has 0 radical (unpaired) electrons. The minimum atomic E-state index is -0.357. The van der Waals surface area contributed by atoms with Crippen LogP contribution in [0.2, 0.25) is 0 Å². The number of ether oxygens (including phenoxy) is 1. The van der Waals surface area contributed by atoms with Gasteiger partial charge < -0.3 is 15.4 Å². The standard InChI is InChI=1S/C8H12N2O3/c1-5(2)10-8(12)6-3-7(11)9-4-13-6/h3,5H,4H2,1-2H3,(H,9,11)(H,10,12). The Morgan fingerprint density at radius 3 is 2.92 bits per heavy atom. The van der Waals surface area contributed by atoms with Gasteiger partial charge in [-0.1, -0.05) is 0 Å². The van der Waals surface area contributed by atoms with E-state index >= 15 is 0 Å². The predicted octanol–water partition coefficient (Wildman–Crippen LogP) is -0.501. The Bertz CT molecular complexity index is 258. The van der Waals surface area contributed by atoms with E-state index in [9.17, 15) is 9.59 Å². The third kappa shape index (κ3) is 2.77. The van der Waals surface area contributed by atoms with Crippen LogP contribution in [0.4, 0.5) is 0 Å². The molecular weight excluding hydrogens is 172 g/mol. The molecular formula is C8H12N2O3. The van der Waals surface area contributed by atoms with Crippen molar-refractivity contribution in [3.63, 3.8) is 0 Å². The quantitative estimate of drug-likeness (QED) is 0.608. The molecule has 5 nitrogen and oxygen atoms in total. The molecule has 0 spiro atoms. The molecule has 1 rings (SSSR count). The molecule has 13 heavy (non-hydrogen) atoms. The van der Waals surface area contributed by atoms with Crippen LogP contribution in [-0.2, 0) is 14.3 Å². The summed E-state index contributed by atoms with van der Waals surface area (Å²) in [6.07, 6.45) is 1.14. The van der Waals surface area contributed by atoms with Crippen LogP contribution in [0.3, 0.4) is 0 Å². The second-order valence-corrected chi connectivity index (χ2v) is 2.97. The lowest BCUT2D eigenvalue weighted by Crippen LogP contribution is -2.37. The summed E-state index contributed by atoms with van der Waals surface area (Å²) < 4.78 is 4.93. The van der Waals surface area contributed by atoms with Crippen molar-refractivity contribution in [1.82, 2.24) is 10.6 Å². The minimum absolute atomic E-state index is 0.0296. The third-order valence-electron chi connectivity index (χ3n) is 1.38. The molecule has 0 unspecified atom stereocenters. The molecule has 0 aromatic rings. The summed E-state index contributed by atoms with van der Waals surface area (Å²) in [4.78, 5) is 22.1. The Morgan fingerprint density at radius 1 is 1.69 bits per heavy atom. The van der Waals surface area contributed by atoms with E-state index in [1.807, 2.05) is 13.8 Å². The first kappa shape index (κ1) is 9.57. The van der Waals surface area contributed by atoms with Crippen molar-refractivity contribution in [2.75, 3.05) is 6.73 Å². The van der Waals surface area contributed by atoms with Gasteiger partial charge >= 0.3 is 0 Å². The highest BCUT2D eigenvalue weighted by Crippen LogP contribution is 2.01. The first-order valence-corrected chi connectivity index (χ1v) is 4.03.